The molecule has 4 heteroatoms. The van der Waals surface area contributed by atoms with Gasteiger partial charge in [0.25, 0.3) is 5.95 Å². The molecule has 2 heterocycles. The van der Waals surface area contributed by atoms with Crippen LogP contribution in [-0.2, 0) is 19.0 Å². The molecule has 0 aromatic heterocycles. The van der Waals surface area contributed by atoms with Crippen LogP contribution in [0.2, 0.25) is 0 Å². The van der Waals surface area contributed by atoms with Gasteiger partial charge in [0.2, 0.25) is 0 Å². The number of ether oxygens (including phenoxy) is 3. The summed E-state index contributed by atoms with van der Waals surface area (Å²) in [5.41, 5.74) is 1.24. The first kappa shape index (κ1) is 10.9. The average Bonchev–Trinajstić information content (AvgIpc) is 2.82. The molecule has 0 aromatic rings. The highest BCUT2D eigenvalue weighted by atomic mass is 16.7. The summed E-state index contributed by atoms with van der Waals surface area (Å²) in [5.74, 6) is 1.00. The van der Waals surface area contributed by atoms with Gasteiger partial charge in [-0.05, 0) is 12.8 Å². The zero-order valence-electron chi connectivity index (χ0n) is 10.3. The van der Waals surface area contributed by atoms with Gasteiger partial charge in [0, 0.05) is 16.9 Å². The second-order valence-electron chi connectivity index (χ2n) is 6.04. The van der Waals surface area contributed by atoms with Crippen molar-refractivity contribution in [1.82, 2.24) is 0 Å². The Balaban J connectivity index is 1.72. The van der Waals surface area contributed by atoms with Crippen LogP contribution in [0.3, 0.4) is 0 Å². The van der Waals surface area contributed by atoms with Crippen LogP contribution >= 0.6 is 0 Å². The highest BCUT2D eigenvalue weighted by molar-refractivity contribution is 5.76. The Hall–Kier alpha value is -1.19. The number of hydrogen-bond acceptors (Lipinski definition) is 4. The molecule has 4 nitrogen and oxygen atoms in total. The SMILES string of the molecule is CC1(C)COC(=C2C[C@H]3COC(=O)[C@H]3C2)OC1. The van der Waals surface area contributed by atoms with Gasteiger partial charge in [-0.3, -0.25) is 4.79 Å². The van der Waals surface area contributed by atoms with Crippen LogP contribution in [-0.4, -0.2) is 25.8 Å². The molecular formula is C13H18O4. The van der Waals surface area contributed by atoms with E-state index >= 15 is 0 Å². The van der Waals surface area contributed by atoms with Gasteiger partial charge in [-0.25, -0.2) is 0 Å². The third-order valence-electron chi connectivity index (χ3n) is 3.76. The molecule has 17 heavy (non-hydrogen) atoms. The largest absolute Gasteiger partial charge is 0.465 e. The molecule has 94 valence electrons. The summed E-state index contributed by atoms with van der Waals surface area (Å²) < 4.78 is 16.4. The summed E-state index contributed by atoms with van der Waals surface area (Å²) >= 11 is 0. The van der Waals surface area contributed by atoms with Crippen LogP contribution in [0, 0.1) is 17.3 Å². The van der Waals surface area contributed by atoms with Crippen LogP contribution < -0.4 is 0 Å². The third kappa shape index (κ3) is 1.90. The summed E-state index contributed by atoms with van der Waals surface area (Å²) in [7, 11) is 0. The minimum absolute atomic E-state index is 0.0413. The maximum absolute atomic E-state index is 11.5. The molecule has 0 bridgehead atoms. The second-order valence-corrected chi connectivity index (χ2v) is 6.04. The lowest BCUT2D eigenvalue weighted by Gasteiger charge is -2.32. The van der Waals surface area contributed by atoms with Gasteiger partial charge >= 0.3 is 5.97 Å². The van der Waals surface area contributed by atoms with E-state index in [-0.39, 0.29) is 17.3 Å². The zero-order chi connectivity index (χ0) is 12.0. The van der Waals surface area contributed by atoms with E-state index < -0.39 is 0 Å². The fourth-order valence-corrected chi connectivity index (χ4v) is 2.70. The lowest BCUT2D eigenvalue weighted by Crippen LogP contribution is -2.31. The maximum atomic E-state index is 11.5. The Morgan fingerprint density at radius 3 is 2.47 bits per heavy atom. The number of cyclic esters (lactones) is 1. The van der Waals surface area contributed by atoms with Gasteiger partial charge < -0.3 is 14.2 Å². The van der Waals surface area contributed by atoms with Gasteiger partial charge in [0.15, 0.2) is 0 Å². The Morgan fingerprint density at radius 2 is 1.82 bits per heavy atom. The van der Waals surface area contributed by atoms with Crippen LogP contribution in [0.1, 0.15) is 26.7 Å². The van der Waals surface area contributed by atoms with Crippen molar-refractivity contribution in [3.63, 3.8) is 0 Å². The quantitative estimate of drug-likeness (QED) is 0.604. The van der Waals surface area contributed by atoms with Crippen molar-refractivity contribution in [2.45, 2.75) is 26.7 Å². The van der Waals surface area contributed by atoms with Gasteiger partial charge in [0.1, 0.15) is 0 Å². The molecule has 3 fully saturated rings. The van der Waals surface area contributed by atoms with Crippen LogP contribution in [0.15, 0.2) is 11.5 Å². The number of esters is 1. The number of rotatable bonds is 0. The van der Waals surface area contributed by atoms with E-state index in [0.717, 1.165) is 18.4 Å². The Labute approximate surface area is 101 Å². The molecule has 0 aromatic carbocycles. The van der Waals surface area contributed by atoms with E-state index in [1.807, 2.05) is 0 Å². The highest BCUT2D eigenvalue weighted by Gasteiger charge is 2.44. The van der Waals surface area contributed by atoms with E-state index in [1.54, 1.807) is 0 Å². The van der Waals surface area contributed by atoms with Crippen LogP contribution in [0.4, 0.5) is 0 Å². The minimum atomic E-state index is -0.0539. The number of carbonyl (C=O) groups is 1. The van der Waals surface area contributed by atoms with E-state index in [1.165, 1.54) is 0 Å². The van der Waals surface area contributed by atoms with Gasteiger partial charge in [-0.15, -0.1) is 0 Å². The molecule has 0 N–H and O–H groups in total. The van der Waals surface area contributed by atoms with Crippen molar-refractivity contribution in [2.75, 3.05) is 19.8 Å². The van der Waals surface area contributed by atoms with Gasteiger partial charge in [-0.1, -0.05) is 13.8 Å². The van der Waals surface area contributed by atoms with E-state index in [0.29, 0.717) is 31.7 Å². The Kier molecular flexibility index (Phi) is 2.35. The first-order chi connectivity index (χ1) is 8.05. The standard InChI is InChI=1S/C13H18O4/c1-13(2)6-16-12(17-7-13)8-3-9-5-15-11(14)10(9)4-8/h9-10H,3-7H2,1-2H3/t9-,10-/m0/s1. The van der Waals surface area contributed by atoms with Crippen molar-refractivity contribution in [2.24, 2.45) is 17.3 Å². The number of allylic oxidation sites excluding steroid dienone is 1. The topological polar surface area (TPSA) is 44.8 Å². The van der Waals surface area contributed by atoms with Gasteiger partial charge in [0.05, 0.1) is 25.7 Å². The summed E-state index contributed by atoms with van der Waals surface area (Å²) in [6, 6.07) is 0. The summed E-state index contributed by atoms with van der Waals surface area (Å²) in [6.45, 7) is 6.17. The van der Waals surface area contributed by atoms with Crippen molar-refractivity contribution >= 4 is 5.97 Å². The molecular weight excluding hydrogens is 220 g/mol. The summed E-state index contributed by atoms with van der Waals surface area (Å²) in [6.07, 6.45) is 1.63. The normalized spacial score (nSPS) is 35.1. The highest BCUT2D eigenvalue weighted by Crippen LogP contribution is 2.43. The molecule has 2 aliphatic heterocycles. The van der Waals surface area contributed by atoms with E-state index in [2.05, 4.69) is 13.8 Å². The summed E-state index contributed by atoms with van der Waals surface area (Å²) in [4.78, 5) is 11.5. The van der Waals surface area contributed by atoms with Gasteiger partial charge in [-0.2, -0.15) is 0 Å². The molecule has 3 rings (SSSR count). The first-order valence-electron chi connectivity index (χ1n) is 6.19. The van der Waals surface area contributed by atoms with Crippen molar-refractivity contribution < 1.29 is 19.0 Å². The fourth-order valence-electron chi connectivity index (χ4n) is 2.70. The molecule has 1 aliphatic carbocycles. The average molecular weight is 238 g/mol. The number of hydrogen-bond donors (Lipinski definition) is 0. The molecule has 2 saturated heterocycles. The molecule has 1 saturated carbocycles. The van der Waals surface area contributed by atoms with Crippen molar-refractivity contribution in [1.29, 1.82) is 0 Å². The molecule has 2 atom stereocenters. The van der Waals surface area contributed by atoms with E-state index in [4.69, 9.17) is 14.2 Å². The Bertz CT molecular complexity index is 371. The third-order valence-corrected chi connectivity index (χ3v) is 3.76. The maximum Gasteiger partial charge on any atom is 0.309 e. The summed E-state index contributed by atoms with van der Waals surface area (Å²) in [5, 5.41) is 0. The van der Waals surface area contributed by atoms with Crippen molar-refractivity contribution in [3.8, 4) is 0 Å². The number of carbonyl (C=O) groups excluding carboxylic acids is 1. The van der Waals surface area contributed by atoms with Crippen molar-refractivity contribution in [3.05, 3.63) is 11.5 Å². The second kappa shape index (κ2) is 3.65. The smallest absolute Gasteiger partial charge is 0.309 e. The zero-order valence-corrected chi connectivity index (χ0v) is 10.3. The monoisotopic (exact) mass is 238 g/mol. The molecule has 0 amide bonds. The predicted molar refractivity (Wildman–Crippen MR) is 59.9 cm³/mol. The Morgan fingerprint density at radius 1 is 1.12 bits per heavy atom. The fraction of sp³-hybridized carbons (Fsp3) is 0.769. The molecule has 3 aliphatic rings. The first-order valence-corrected chi connectivity index (χ1v) is 6.19. The minimum Gasteiger partial charge on any atom is -0.465 e. The molecule has 0 unspecified atom stereocenters. The lowest BCUT2D eigenvalue weighted by molar-refractivity contribution is -0.141. The molecule has 0 radical (unpaired) electrons. The lowest BCUT2D eigenvalue weighted by atomic mass is 9.96. The number of fused-ring (bicyclic) bond motifs is 1. The predicted octanol–water partition coefficient (Wildman–Crippen LogP) is 1.85. The van der Waals surface area contributed by atoms with E-state index in [9.17, 15) is 4.79 Å². The van der Waals surface area contributed by atoms with Crippen LogP contribution in [0.5, 0.6) is 0 Å². The van der Waals surface area contributed by atoms with Crippen LogP contribution in [0.25, 0.3) is 0 Å². The molecule has 0 spiro atoms.